The largest absolute Gasteiger partial charge is 0.496 e. The highest BCUT2D eigenvalue weighted by Gasteiger charge is 2.51. The second kappa shape index (κ2) is 7.68. The molecule has 0 N–H and O–H groups in total. The van der Waals surface area contributed by atoms with E-state index >= 15 is 0 Å². The van der Waals surface area contributed by atoms with Crippen LogP contribution in [-0.4, -0.2) is 60.1 Å². The number of aromatic nitrogens is 1. The number of pyridine rings is 1. The first-order valence-electron chi connectivity index (χ1n) is 9.19. The second-order valence-electron chi connectivity index (χ2n) is 8.77. The molecule has 0 aromatic carbocycles. The van der Waals surface area contributed by atoms with Gasteiger partial charge < -0.3 is 23.7 Å². The molecule has 2 heterocycles. The van der Waals surface area contributed by atoms with Crippen molar-refractivity contribution in [1.82, 2.24) is 9.88 Å². The molecular formula is C19H31BN2O5. The van der Waals surface area contributed by atoms with E-state index in [1.807, 2.05) is 54.5 Å². The zero-order chi connectivity index (χ0) is 20.5. The highest BCUT2D eigenvalue weighted by atomic mass is 16.7. The molecule has 8 heteroatoms. The van der Waals surface area contributed by atoms with Gasteiger partial charge in [0.05, 0.1) is 17.7 Å². The van der Waals surface area contributed by atoms with E-state index < -0.39 is 12.7 Å². The summed E-state index contributed by atoms with van der Waals surface area (Å²) in [6.07, 6.45) is 1.31. The predicted octanol–water partition coefficient (Wildman–Crippen LogP) is 2.63. The quantitative estimate of drug-likeness (QED) is 0.734. The molecule has 1 fully saturated rings. The molecule has 150 valence electrons. The van der Waals surface area contributed by atoms with Gasteiger partial charge in [-0.05, 0) is 54.5 Å². The summed E-state index contributed by atoms with van der Waals surface area (Å²) < 4.78 is 22.9. The molecule has 1 saturated heterocycles. The number of amides is 1. The molecule has 1 aromatic heterocycles. The minimum absolute atomic E-state index is 0.318. The number of hydrogen-bond donors (Lipinski definition) is 0. The molecule has 0 spiro atoms. The topological polar surface area (TPSA) is 70.1 Å². The van der Waals surface area contributed by atoms with Crippen molar-refractivity contribution in [2.75, 3.05) is 20.2 Å². The summed E-state index contributed by atoms with van der Waals surface area (Å²) in [4.78, 5) is 17.7. The van der Waals surface area contributed by atoms with Crippen LogP contribution >= 0.6 is 0 Å². The maximum Gasteiger partial charge on any atom is 0.496 e. The van der Waals surface area contributed by atoms with Gasteiger partial charge in [-0.2, -0.15) is 0 Å². The van der Waals surface area contributed by atoms with E-state index in [-0.39, 0.29) is 17.3 Å². The maximum absolute atomic E-state index is 11.9. The first-order valence-corrected chi connectivity index (χ1v) is 9.19. The van der Waals surface area contributed by atoms with Gasteiger partial charge in [0.15, 0.2) is 0 Å². The molecule has 1 amide bonds. The molecular weight excluding hydrogens is 347 g/mol. The Bertz CT molecular complexity index is 639. The van der Waals surface area contributed by atoms with E-state index in [0.29, 0.717) is 19.0 Å². The lowest BCUT2D eigenvalue weighted by Crippen LogP contribution is -2.41. The van der Waals surface area contributed by atoms with Gasteiger partial charge in [-0.3, -0.25) is 0 Å². The third-order valence-corrected chi connectivity index (χ3v) is 4.67. The maximum atomic E-state index is 11.9. The fraction of sp³-hybridized carbons (Fsp3) is 0.684. The van der Waals surface area contributed by atoms with E-state index in [0.717, 1.165) is 5.46 Å². The van der Waals surface area contributed by atoms with Crippen LogP contribution < -0.4 is 10.2 Å². The molecule has 2 rings (SSSR count). The Morgan fingerprint density at radius 1 is 1.19 bits per heavy atom. The highest BCUT2D eigenvalue weighted by Crippen LogP contribution is 2.36. The lowest BCUT2D eigenvalue weighted by Gasteiger charge is -2.32. The average Bonchev–Trinajstić information content (AvgIpc) is 2.74. The zero-order valence-corrected chi connectivity index (χ0v) is 17.7. The third-order valence-electron chi connectivity index (χ3n) is 4.67. The van der Waals surface area contributed by atoms with E-state index in [1.165, 1.54) is 4.90 Å². The molecule has 27 heavy (non-hydrogen) atoms. The fourth-order valence-corrected chi connectivity index (χ4v) is 2.31. The lowest BCUT2D eigenvalue weighted by atomic mass is 9.80. The summed E-state index contributed by atoms with van der Waals surface area (Å²) in [5, 5.41) is 0. The van der Waals surface area contributed by atoms with Crippen LogP contribution in [-0.2, 0) is 14.0 Å². The van der Waals surface area contributed by atoms with Crippen LogP contribution in [0, 0.1) is 0 Å². The monoisotopic (exact) mass is 378 g/mol. The van der Waals surface area contributed by atoms with Gasteiger partial charge in [-0.15, -0.1) is 0 Å². The number of nitrogens with zero attached hydrogens (tertiary/aromatic N) is 2. The van der Waals surface area contributed by atoms with Crippen molar-refractivity contribution in [3.05, 3.63) is 18.3 Å². The third kappa shape index (κ3) is 5.59. The smallest absolute Gasteiger partial charge is 0.476 e. The summed E-state index contributed by atoms with van der Waals surface area (Å²) in [5.74, 6) is 0.479. The molecule has 7 nitrogen and oxygen atoms in total. The summed E-state index contributed by atoms with van der Waals surface area (Å²) >= 11 is 0. The summed E-state index contributed by atoms with van der Waals surface area (Å²) in [6, 6.07) is 3.65. The van der Waals surface area contributed by atoms with Gasteiger partial charge in [0, 0.05) is 18.7 Å². The Morgan fingerprint density at radius 3 is 2.26 bits per heavy atom. The molecule has 0 unspecified atom stereocenters. The Labute approximate surface area is 162 Å². The van der Waals surface area contributed by atoms with Gasteiger partial charge in [-0.25, -0.2) is 9.78 Å². The summed E-state index contributed by atoms with van der Waals surface area (Å²) in [6.45, 7) is 14.3. The average molecular weight is 378 g/mol. The first kappa shape index (κ1) is 21.5. The van der Waals surface area contributed by atoms with Crippen molar-refractivity contribution in [2.45, 2.75) is 65.3 Å². The van der Waals surface area contributed by atoms with E-state index in [4.69, 9.17) is 18.8 Å². The van der Waals surface area contributed by atoms with Gasteiger partial charge in [0.25, 0.3) is 0 Å². The number of carbonyl (C=O) groups is 1. The number of ether oxygens (including phenoxy) is 2. The minimum atomic E-state index is -0.517. The Hall–Kier alpha value is -1.80. The molecule has 0 bridgehead atoms. The predicted molar refractivity (Wildman–Crippen MR) is 104 cm³/mol. The van der Waals surface area contributed by atoms with Crippen molar-refractivity contribution in [3.63, 3.8) is 0 Å². The van der Waals surface area contributed by atoms with Crippen molar-refractivity contribution in [2.24, 2.45) is 0 Å². The van der Waals surface area contributed by atoms with Crippen molar-refractivity contribution < 1.29 is 23.6 Å². The van der Waals surface area contributed by atoms with Crippen LogP contribution in [0.4, 0.5) is 4.79 Å². The van der Waals surface area contributed by atoms with Crippen molar-refractivity contribution >= 4 is 18.7 Å². The SMILES string of the molecule is CN(CCOc1ccc(B2OC(C)(C)C(C)(C)O2)cn1)C(=O)OC(C)(C)C. The van der Waals surface area contributed by atoms with Crippen LogP contribution in [0.15, 0.2) is 18.3 Å². The van der Waals surface area contributed by atoms with Gasteiger partial charge >= 0.3 is 13.2 Å². The normalized spacial score (nSPS) is 18.3. The summed E-state index contributed by atoms with van der Waals surface area (Å²) in [7, 11) is 1.22. The van der Waals surface area contributed by atoms with E-state index in [1.54, 1.807) is 19.3 Å². The molecule has 0 aliphatic carbocycles. The van der Waals surface area contributed by atoms with Crippen molar-refractivity contribution in [3.8, 4) is 5.88 Å². The lowest BCUT2D eigenvalue weighted by molar-refractivity contribution is 0.00578. The zero-order valence-electron chi connectivity index (χ0n) is 17.7. The van der Waals surface area contributed by atoms with E-state index in [2.05, 4.69) is 4.98 Å². The van der Waals surface area contributed by atoms with Crippen LogP contribution in [0.1, 0.15) is 48.5 Å². The fourth-order valence-electron chi connectivity index (χ4n) is 2.31. The van der Waals surface area contributed by atoms with Gasteiger partial charge in [0.2, 0.25) is 5.88 Å². The number of hydrogen-bond acceptors (Lipinski definition) is 6. The molecule has 1 aromatic rings. The number of likely N-dealkylation sites (N-methyl/N-ethyl adjacent to an activating group) is 1. The molecule has 0 radical (unpaired) electrons. The molecule has 1 aliphatic heterocycles. The Balaban J connectivity index is 1.84. The van der Waals surface area contributed by atoms with Crippen LogP contribution in [0.3, 0.4) is 0 Å². The van der Waals surface area contributed by atoms with Crippen molar-refractivity contribution in [1.29, 1.82) is 0 Å². The number of carbonyl (C=O) groups excluding carboxylic acids is 1. The first-order chi connectivity index (χ1) is 12.3. The second-order valence-corrected chi connectivity index (χ2v) is 8.77. The van der Waals surface area contributed by atoms with Gasteiger partial charge in [-0.1, -0.05) is 6.07 Å². The van der Waals surface area contributed by atoms with Crippen LogP contribution in [0.2, 0.25) is 0 Å². The van der Waals surface area contributed by atoms with Crippen LogP contribution in [0.25, 0.3) is 0 Å². The molecule has 0 saturated carbocycles. The Morgan fingerprint density at radius 2 is 1.78 bits per heavy atom. The summed E-state index contributed by atoms with van der Waals surface area (Å²) in [5.41, 5.74) is -0.457. The Kier molecular flexibility index (Phi) is 6.11. The molecule has 0 atom stereocenters. The van der Waals surface area contributed by atoms with Crippen LogP contribution in [0.5, 0.6) is 5.88 Å². The van der Waals surface area contributed by atoms with Gasteiger partial charge in [0.1, 0.15) is 12.2 Å². The molecule has 1 aliphatic rings. The highest BCUT2D eigenvalue weighted by molar-refractivity contribution is 6.62. The minimum Gasteiger partial charge on any atom is -0.476 e. The number of rotatable bonds is 5. The standard InChI is InChI=1S/C19H31BN2O5/c1-17(2,3)25-16(23)22(8)11-12-24-15-10-9-14(13-21-15)20-26-18(4,5)19(6,7)27-20/h9-10,13H,11-12H2,1-8H3. The van der Waals surface area contributed by atoms with E-state index in [9.17, 15) is 4.79 Å².